The van der Waals surface area contributed by atoms with Crippen molar-refractivity contribution in [3.63, 3.8) is 0 Å². The van der Waals surface area contributed by atoms with Crippen LogP contribution in [0.1, 0.15) is 50.9 Å². The van der Waals surface area contributed by atoms with Gasteiger partial charge in [0, 0.05) is 31.5 Å². The Kier molecular flexibility index (Phi) is 12.9. The predicted octanol–water partition coefficient (Wildman–Crippen LogP) is 6.61. The van der Waals surface area contributed by atoms with Crippen LogP contribution in [-0.4, -0.2) is 43.4 Å². The third kappa shape index (κ3) is 8.85. The van der Waals surface area contributed by atoms with Crippen molar-refractivity contribution in [3.8, 4) is 5.75 Å². The third-order valence-electron chi connectivity index (χ3n) is 4.54. The Morgan fingerprint density at radius 1 is 1.18 bits per heavy atom. The van der Waals surface area contributed by atoms with E-state index < -0.39 is 11.7 Å². The van der Waals surface area contributed by atoms with Crippen molar-refractivity contribution in [2.24, 2.45) is 0 Å². The average Bonchev–Trinajstić information content (AvgIpc) is 3.25. The lowest BCUT2D eigenvalue weighted by atomic mass is 10.2. The summed E-state index contributed by atoms with van der Waals surface area (Å²) >= 11 is 18.3. The molecule has 1 heterocycles. The highest BCUT2D eigenvalue weighted by Gasteiger charge is 2.26. The van der Waals surface area contributed by atoms with Crippen molar-refractivity contribution in [2.75, 3.05) is 25.1 Å². The summed E-state index contributed by atoms with van der Waals surface area (Å²) < 4.78 is 19.9. The van der Waals surface area contributed by atoms with Gasteiger partial charge in [0.15, 0.2) is 0 Å². The first-order chi connectivity index (χ1) is 15.6. The second-order valence-electron chi connectivity index (χ2n) is 7.33. The standard InChI is InChI=1S/C19H18Cl3FN2O2.C3H8O.C2H6/c1-24-19(26)13-8-16(22)18(9-17(13)23)27-10-12-3-2-6-25(12)11-4-5-14(20)15(21)7-11;1-3(2)4;1-2/h4-5,7-9,12H,2-3,6,10H2,1H3,(H,24,26);3-4H,1-2H3;1-2H3. The zero-order valence-electron chi connectivity index (χ0n) is 19.6. The molecule has 1 aliphatic rings. The highest BCUT2D eigenvalue weighted by molar-refractivity contribution is 6.42. The van der Waals surface area contributed by atoms with Gasteiger partial charge >= 0.3 is 0 Å². The Labute approximate surface area is 210 Å². The van der Waals surface area contributed by atoms with Crippen molar-refractivity contribution < 1.29 is 19.0 Å². The molecule has 184 valence electrons. The summed E-state index contributed by atoms with van der Waals surface area (Å²) in [6, 6.07) is 8.02. The molecule has 1 unspecified atom stereocenters. The second-order valence-corrected chi connectivity index (χ2v) is 8.56. The molecular formula is C24H32Cl3FN2O3. The van der Waals surface area contributed by atoms with E-state index in [4.69, 9.17) is 44.6 Å². The molecule has 1 aliphatic heterocycles. The van der Waals surface area contributed by atoms with E-state index in [1.807, 2.05) is 26.0 Å². The Morgan fingerprint density at radius 2 is 1.82 bits per heavy atom. The molecule has 2 N–H and O–H groups in total. The number of amides is 1. The Balaban J connectivity index is 0.000000820. The van der Waals surface area contributed by atoms with E-state index in [1.54, 1.807) is 19.9 Å². The number of anilines is 1. The van der Waals surface area contributed by atoms with E-state index in [0.29, 0.717) is 16.7 Å². The number of hydrogen-bond acceptors (Lipinski definition) is 4. The van der Waals surface area contributed by atoms with Crippen molar-refractivity contribution in [2.45, 2.75) is 52.7 Å². The highest BCUT2D eigenvalue weighted by atomic mass is 35.5. The van der Waals surface area contributed by atoms with Crippen LogP contribution in [-0.2, 0) is 0 Å². The van der Waals surface area contributed by atoms with Crippen LogP contribution in [0.2, 0.25) is 15.1 Å². The largest absolute Gasteiger partial charge is 0.490 e. The van der Waals surface area contributed by atoms with E-state index in [1.165, 1.54) is 13.1 Å². The quantitative estimate of drug-likeness (QED) is 0.465. The average molecular weight is 522 g/mol. The molecule has 1 amide bonds. The van der Waals surface area contributed by atoms with Gasteiger partial charge in [-0.05, 0) is 51.0 Å². The number of nitrogens with one attached hydrogen (secondary N) is 1. The minimum Gasteiger partial charge on any atom is -0.490 e. The fourth-order valence-electron chi connectivity index (χ4n) is 3.15. The van der Waals surface area contributed by atoms with Gasteiger partial charge in [0.05, 0.1) is 26.7 Å². The number of ether oxygens (including phenoxy) is 1. The van der Waals surface area contributed by atoms with Crippen LogP contribution in [0.5, 0.6) is 5.75 Å². The number of halogens is 4. The third-order valence-corrected chi connectivity index (χ3v) is 5.57. The van der Waals surface area contributed by atoms with E-state index in [9.17, 15) is 9.18 Å². The van der Waals surface area contributed by atoms with E-state index in [0.717, 1.165) is 31.1 Å². The minimum atomic E-state index is -0.679. The number of aliphatic hydroxyl groups is 1. The van der Waals surface area contributed by atoms with Gasteiger partial charge in [-0.2, -0.15) is 0 Å². The Bertz CT molecular complexity index is 910. The van der Waals surface area contributed by atoms with Gasteiger partial charge < -0.3 is 20.1 Å². The van der Waals surface area contributed by atoms with E-state index >= 15 is 0 Å². The summed E-state index contributed by atoms with van der Waals surface area (Å²) in [4.78, 5) is 13.8. The van der Waals surface area contributed by atoms with Crippen molar-refractivity contribution >= 4 is 46.4 Å². The maximum atomic E-state index is 14.2. The predicted molar refractivity (Wildman–Crippen MR) is 136 cm³/mol. The summed E-state index contributed by atoms with van der Waals surface area (Å²) in [6.45, 7) is 8.64. The summed E-state index contributed by atoms with van der Waals surface area (Å²) in [5.41, 5.74) is 0.843. The highest BCUT2D eigenvalue weighted by Crippen LogP contribution is 2.33. The summed E-state index contributed by atoms with van der Waals surface area (Å²) in [6.07, 6.45) is 1.77. The van der Waals surface area contributed by atoms with Crippen LogP contribution in [0.4, 0.5) is 10.1 Å². The maximum Gasteiger partial charge on any atom is 0.254 e. The first-order valence-electron chi connectivity index (χ1n) is 10.9. The molecular weight excluding hydrogens is 490 g/mol. The molecule has 0 aliphatic carbocycles. The number of benzene rings is 2. The minimum absolute atomic E-state index is 0.0972. The smallest absolute Gasteiger partial charge is 0.254 e. The molecule has 1 fully saturated rings. The fourth-order valence-corrected chi connectivity index (χ4v) is 3.66. The molecule has 0 aromatic heterocycles. The maximum absolute atomic E-state index is 14.2. The molecule has 2 aromatic rings. The van der Waals surface area contributed by atoms with Gasteiger partial charge in [0.25, 0.3) is 5.91 Å². The normalized spacial score (nSPS) is 14.8. The molecule has 0 bridgehead atoms. The van der Waals surface area contributed by atoms with Crippen molar-refractivity contribution in [1.82, 2.24) is 5.32 Å². The molecule has 5 nitrogen and oxygen atoms in total. The zero-order valence-corrected chi connectivity index (χ0v) is 21.9. The van der Waals surface area contributed by atoms with Crippen LogP contribution in [0.25, 0.3) is 0 Å². The number of rotatable bonds is 5. The Hall–Kier alpha value is -1.73. The summed E-state index contributed by atoms with van der Waals surface area (Å²) in [5, 5.41) is 11.6. The van der Waals surface area contributed by atoms with E-state index in [2.05, 4.69) is 10.2 Å². The lowest BCUT2D eigenvalue weighted by Crippen LogP contribution is -2.34. The molecule has 1 atom stereocenters. The number of aliphatic hydroxyl groups excluding tert-OH is 1. The van der Waals surface area contributed by atoms with Crippen LogP contribution in [0.3, 0.4) is 0 Å². The SMILES string of the molecule is CC.CC(C)O.CNC(=O)c1cc(Cl)c(OCC2CCCN2c2ccc(Cl)c(Cl)c2)cc1F. The van der Waals surface area contributed by atoms with Gasteiger partial charge in [-0.15, -0.1) is 0 Å². The fraction of sp³-hybridized carbons (Fsp3) is 0.458. The molecule has 2 aromatic carbocycles. The molecule has 1 saturated heterocycles. The molecule has 0 radical (unpaired) electrons. The van der Waals surface area contributed by atoms with Gasteiger partial charge in [0.1, 0.15) is 18.2 Å². The van der Waals surface area contributed by atoms with Crippen LogP contribution >= 0.6 is 34.8 Å². The number of carbonyl (C=O) groups excluding carboxylic acids is 1. The zero-order chi connectivity index (χ0) is 25.1. The van der Waals surface area contributed by atoms with Crippen LogP contribution in [0.15, 0.2) is 30.3 Å². The number of hydrogen-bond donors (Lipinski definition) is 2. The van der Waals surface area contributed by atoms with Gasteiger partial charge in [-0.1, -0.05) is 48.7 Å². The second kappa shape index (κ2) is 14.5. The van der Waals surface area contributed by atoms with Crippen molar-refractivity contribution in [1.29, 1.82) is 0 Å². The number of nitrogens with zero attached hydrogens (tertiary/aromatic N) is 1. The van der Waals surface area contributed by atoms with E-state index in [-0.39, 0.29) is 28.5 Å². The topological polar surface area (TPSA) is 61.8 Å². The van der Waals surface area contributed by atoms with Gasteiger partial charge in [0.2, 0.25) is 0 Å². The number of carbonyl (C=O) groups is 1. The Morgan fingerprint density at radius 3 is 2.39 bits per heavy atom. The van der Waals surface area contributed by atoms with Crippen LogP contribution in [0, 0.1) is 5.82 Å². The van der Waals surface area contributed by atoms with Crippen molar-refractivity contribution in [3.05, 3.63) is 56.8 Å². The lowest BCUT2D eigenvalue weighted by molar-refractivity contribution is 0.0959. The van der Waals surface area contributed by atoms with Gasteiger partial charge in [-0.25, -0.2) is 4.39 Å². The summed E-state index contributed by atoms with van der Waals surface area (Å²) in [7, 11) is 1.43. The van der Waals surface area contributed by atoms with Crippen LogP contribution < -0.4 is 15.0 Å². The molecule has 33 heavy (non-hydrogen) atoms. The molecule has 0 spiro atoms. The molecule has 0 saturated carbocycles. The summed E-state index contributed by atoms with van der Waals surface area (Å²) in [5.74, 6) is -1.01. The molecule has 3 rings (SSSR count). The lowest BCUT2D eigenvalue weighted by Gasteiger charge is -2.27. The monoisotopic (exact) mass is 520 g/mol. The molecule has 9 heteroatoms. The van der Waals surface area contributed by atoms with Gasteiger partial charge in [-0.3, -0.25) is 4.79 Å². The first-order valence-corrected chi connectivity index (χ1v) is 12.0. The first kappa shape index (κ1) is 29.3.